The van der Waals surface area contributed by atoms with Gasteiger partial charge >= 0.3 is 0 Å². The SMILES string of the molecule is C=CC(=O)N(C)c1ccc(C(=O)N2CCCC2c2ccc(C)s2)cc1. The molecular weight excluding hydrogens is 332 g/mol. The molecule has 1 aromatic carbocycles. The Morgan fingerprint density at radius 1 is 1.24 bits per heavy atom. The third-order valence-corrected chi connectivity index (χ3v) is 5.71. The third-order valence-electron chi connectivity index (χ3n) is 4.61. The maximum atomic E-state index is 12.9. The highest BCUT2D eigenvalue weighted by atomic mass is 32.1. The zero-order valence-corrected chi connectivity index (χ0v) is 15.4. The first-order valence-corrected chi connectivity index (χ1v) is 9.20. The Kier molecular flexibility index (Phi) is 5.04. The number of aryl methyl sites for hydroxylation is 1. The molecule has 2 heterocycles. The van der Waals surface area contributed by atoms with Gasteiger partial charge in [0.05, 0.1) is 6.04 Å². The summed E-state index contributed by atoms with van der Waals surface area (Å²) < 4.78 is 0. The lowest BCUT2D eigenvalue weighted by atomic mass is 10.1. The molecular formula is C20H22N2O2S. The number of likely N-dealkylation sites (tertiary alicyclic amines) is 1. The third kappa shape index (κ3) is 3.51. The predicted molar refractivity (Wildman–Crippen MR) is 102 cm³/mol. The van der Waals surface area contributed by atoms with Gasteiger partial charge in [-0.05, 0) is 62.2 Å². The Hall–Kier alpha value is -2.40. The molecule has 0 radical (unpaired) electrons. The predicted octanol–water partition coefficient (Wildman–Crippen LogP) is 4.18. The summed E-state index contributed by atoms with van der Waals surface area (Å²) in [4.78, 5) is 30.6. The van der Waals surface area contributed by atoms with E-state index >= 15 is 0 Å². The van der Waals surface area contributed by atoms with E-state index in [2.05, 4.69) is 25.6 Å². The molecule has 0 N–H and O–H groups in total. The zero-order valence-electron chi connectivity index (χ0n) is 14.6. The fourth-order valence-corrected chi connectivity index (χ4v) is 4.22. The van der Waals surface area contributed by atoms with Gasteiger partial charge in [0.2, 0.25) is 5.91 Å². The smallest absolute Gasteiger partial charge is 0.254 e. The fraction of sp³-hybridized carbons (Fsp3) is 0.300. The summed E-state index contributed by atoms with van der Waals surface area (Å²) in [6.07, 6.45) is 3.32. The second-order valence-corrected chi connectivity index (χ2v) is 7.57. The van der Waals surface area contributed by atoms with E-state index in [4.69, 9.17) is 0 Å². The Morgan fingerprint density at radius 3 is 2.56 bits per heavy atom. The van der Waals surface area contributed by atoms with Gasteiger partial charge in [-0.2, -0.15) is 0 Å². The van der Waals surface area contributed by atoms with E-state index < -0.39 is 0 Å². The van der Waals surface area contributed by atoms with Crippen LogP contribution < -0.4 is 4.90 Å². The second kappa shape index (κ2) is 7.23. The van der Waals surface area contributed by atoms with E-state index in [-0.39, 0.29) is 17.9 Å². The number of hydrogen-bond acceptors (Lipinski definition) is 3. The van der Waals surface area contributed by atoms with Crippen LogP contribution >= 0.6 is 11.3 Å². The van der Waals surface area contributed by atoms with E-state index in [0.29, 0.717) is 5.56 Å². The van der Waals surface area contributed by atoms with Crippen molar-refractivity contribution in [1.82, 2.24) is 4.90 Å². The van der Waals surface area contributed by atoms with Gasteiger partial charge in [-0.15, -0.1) is 11.3 Å². The van der Waals surface area contributed by atoms with E-state index in [1.54, 1.807) is 42.6 Å². The topological polar surface area (TPSA) is 40.6 Å². The number of hydrogen-bond donors (Lipinski definition) is 0. The van der Waals surface area contributed by atoms with Crippen LogP contribution in [0.15, 0.2) is 49.1 Å². The lowest BCUT2D eigenvalue weighted by Gasteiger charge is -2.24. The molecule has 130 valence electrons. The van der Waals surface area contributed by atoms with Crippen molar-refractivity contribution in [2.75, 3.05) is 18.5 Å². The van der Waals surface area contributed by atoms with Gasteiger partial charge < -0.3 is 9.80 Å². The number of carbonyl (C=O) groups excluding carboxylic acids is 2. The molecule has 1 unspecified atom stereocenters. The minimum atomic E-state index is -0.174. The fourth-order valence-electron chi connectivity index (χ4n) is 3.20. The minimum Gasteiger partial charge on any atom is -0.331 e. The number of rotatable bonds is 4. The monoisotopic (exact) mass is 354 g/mol. The van der Waals surface area contributed by atoms with E-state index in [1.807, 2.05) is 4.90 Å². The molecule has 0 spiro atoms. The van der Waals surface area contributed by atoms with Crippen molar-refractivity contribution >= 4 is 28.8 Å². The molecule has 1 atom stereocenters. The molecule has 0 aliphatic carbocycles. The molecule has 3 rings (SSSR count). The number of amides is 2. The Labute approximate surface area is 152 Å². The maximum absolute atomic E-state index is 12.9. The Bertz CT molecular complexity index is 794. The van der Waals surface area contributed by atoms with Gasteiger partial charge in [0.1, 0.15) is 0 Å². The normalized spacial score (nSPS) is 16.7. The first-order chi connectivity index (χ1) is 12.0. The number of thiophene rings is 1. The van der Waals surface area contributed by atoms with Crippen molar-refractivity contribution in [3.05, 3.63) is 64.4 Å². The molecule has 5 heteroatoms. The van der Waals surface area contributed by atoms with E-state index in [9.17, 15) is 9.59 Å². The van der Waals surface area contributed by atoms with Gasteiger partial charge in [0, 0.05) is 34.6 Å². The van der Waals surface area contributed by atoms with Crippen LogP contribution in [-0.4, -0.2) is 30.3 Å². The first kappa shape index (κ1) is 17.4. The lowest BCUT2D eigenvalue weighted by molar-refractivity contribution is -0.113. The molecule has 4 nitrogen and oxygen atoms in total. The average molecular weight is 354 g/mol. The van der Waals surface area contributed by atoms with Crippen LogP contribution in [0.2, 0.25) is 0 Å². The zero-order chi connectivity index (χ0) is 18.0. The number of likely N-dealkylation sites (N-methyl/N-ethyl adjacent to an activating group) is 1. The lowest BCUT2D eigenvalue weighted by Crippen LogP contribution is -2.30. The molecule has 1 aliphatic rings. The van der Waals surface area contributed by atoms with Gasteiger partial charge in [0.25, 0.3) is 5.91 Å². The summed E-state index contributed by atoms with van der Waals surface area (Å²) in [5.41, 5.74) is 1.40. The van der Waals surface area contributed by atoms with Crippen LogP contribution in [0.5, 0.6) is 0 Å². The standard InChI is InChI=1S/C20H22N2O2S/c1-4-19(23)21(3)16-10-8-15(9-11-16)20(24)22-13-5-6-17(22)18-12-7-14(2)25-18/h4,7-12,17H,1,5-6,13H2,2-3H3. The Balaban J connectivity index is 1.78. The van der Waals surface area contributed by atoms with Crippen molar-refractivity contribution in [2.24, 2.45) is 0 Å². The van der Waals surface area contributed by atoms with Crippen LogP contribution in [-0.2, 0) is 4.79 Å². The van der Waals surface area contributed by atoms with Crippen molar-refractivity contribution in [3.63, 3.8) is 0 Å². The molecule has 2 aromatic rings. The van der Waals surface area contributed by atoms with Gasteiger partial charge in [0.15, 0.2) is 0 Å². The van der Waals surface area contributed by atoms with Crippen LogP contribution in [0.3, 0.4) is 0 Å². The van der Waals surface area contributed by atoms with Crippen molar-refractivity contribution in [2.45, 2.75) is 25.8 Å². The quantitative estimate of drug-likeness (QED) is 0.773. The average Bonchev–Trinajstić information content (AvgIpc) is 3.28. The number of anilines is 1. The van der Waals surface area contributed by atoms with Crippen LogP contribution in [0, 0.1) is 6.92 Å². The second-order valence-electron chi connectivity index (χ2n) is 6.25. The molecule has 0 saturated carbocycles. The summed E-state index contributed by atoms with van der Waals surface area (Å²) in [5, 5.41) is 0. The van der Waals surface area contributed by atoms with Crippen molar-refractivity contribution in [1.29, 1.82) is 0 Å². The van der Waals surface area contributed by atoms with Crippen molar-refractivity contribution < 1.29 is 9.59 Å². The molecule has 1 saturated heterocycles. The largest absolute Gasteiger partial charge is 0.331 e. The van der Waals surface area contributed by atoms with Gasteiger partial charge in [-0.3, -0.25) is 9.59 Å². The number of nitrogens with zero attached hydrogens (tertiary/aromatic N) is 2. The van der Waals surface area contributed by atoms with Gasteiger partial charge in [-0.1, -0.05) is 6.58 Å². The van der Waals surface area contributed by atoms with Gasteiger partial charge in [-0.25, -0.2) is 0 Å². The van der Waals surface area contributed by atoms with Crippen molar-refractivity contribution in [3.8, 4) is 0 Å². The van der Waals surface area contributed by atoms with E-state index in [1.165, 1.54) is 20.7 Å². The summed E-state index contributed by atoms with van der Waals surface area (Å²) in [6, 6.07) is 11.6. The summed E-state index contributed by atoms with van der Waals surface area (Å²) in [5.74, 6) is -0.121. The Morgan fingerprint density at radius 2 is 1.96 bits per heavy atom. The van der Waals surface area contributed by atoms with Crippen LogP contribution in [0.25, 0.3) is 0 Å². The van der Waals surface area contributed by atoms with E-state index in [0.717, 1.165) is 25.1 Å². The minimum absolute atomic E-state index is 0.0535. The summed E-state index contributed by atoms with van der Waals surface area (Å²) in [6.45, 7) is 6.37. The first-order valence-electron chi connectivity index (χ1n) is 8.38. The van der Waals surface area contributed by atoms with Crippen LogP contribution in [0.1, 0.15) is 39.0 Å². The van der Waals surface area contributed by atoms with Crippen LogP contribution in [0.4, 0.5) is 5.69 Å². The molecule has 0 bridgehead atoms. The molecule has 2 amide bonds. The summed E-state index contributed by atoms with van der Waals surface area (Å²) >= 11 is 1.77. The maximum Gasteiger partial charge on any atom is 0.254 e. The highest BCUT2D eigenvalue weighted by Crippen LogP contribution is 2.36. The number of benzene rings is 1. The molecule has 1 aromatic heterocycles. The molecule has 1 aliphatic heterocycles. The molecule has 25 heavy (non-hydrogen) atoms. The highest BCUT2D eigenvalue weighted by molar-refractivity contribution is 7.12. The number of carbonyl (C=O) groups is 2. The molecule has 1 fully saturated rings. The summed E-state index contributed by atoms with van der Waals surface area (Å²) in [7, 11) is 1.69. The highest BCUT2D eigenvalue weighted by Gasteiger charge is 2.31.